The minimum Gasteiger partial charge on any atom is -0.497 e. The fraction of sp³-hybridized carbons (Fsp3) is 0.174. The van der Waals surface area contributed by atoms with E-state index in [2.05, 4.69) is 0 Å². The molecule has 0 atom stereocenters. The van der Waals surface area contributed by atoms with Gasteiger partial charge in [0.1, 0.15) is 17.0 Å². The number of thiophene rings is 1. The molecule has 2 heterocycles. The Morgan fingerprint density at radius 2 is 1.81 bits per heavy atom. The van der Waals surface area contributed by atoms with Crippen molar-refractivity contribution in [1.82, 2.24) is 9.13 Å². The lowest BCUT2D eigenvalue weighted by Crippen LogP contribution is -2.42. The summed E-state index contributed by atoms with van der Waals surface area (Å²) in [5.74, 6) is 0.384. The molecule has 0 aliphatic carbocycles. The normalized spacial score (nSPS) is 10.9. The van der Waals surface area contributed by atoms with Crippen molar-refractivity contribution in [2.75, 3.05) is 19.1 Å². The maximum atomic E-state index is 13.3. The molecule has 1 amide bonds. The van der Waals surface area contributed by atoms with Gasteiger partial charge in [-0.25, -0.2) is 4.79 Å². The highest BCUT2D eigenvalue weighted by Crippen LogP contribution is 2.18. The molecule has 4 rings (SSSR count). The van der Waals surface area contributed by atoms with Gasteiger partial charge in [0.25, 0.3) is 5.56 Å². The molecule has 0 saturated carbocycles. The van der Waals surface area contributed by atoms with Crippen LogP contribution in [0.1, 0.15) is 5.56 Å². The van der Waals surface area contributed by atoms with Crippen molar-refractivity contribution in [1.29, 1.82) is 0 Å². The smallest absolute Gasteiger partial charge is 0.332 e. The minimum atomic E-state index is -0.520. The quantitative estimate of drug-likeness (QED) is 0.467. The van der Waals surface area contributed by atoms with E-state index in [1.807, 2.05) is 36.4 Å². The summed E-state index contributed by atoms with van der Waals surface area (Å²) in [6, 6.07) is 18.1. The Balaban J connectivity index is 1.75. The van der Waals surface area contributed by atoms with Gasteiger partial charge in [-0.1, -0.05) is 30.3 Å². The van der Waals surface area contributed by atoms with Crippen molar-refractivity contribution in [2.45, 2.75) is 13.1 Å². The first-order valence-corrected chi connectivity index (χ1v) is 10.5. The lowest BCUT2D eigenvalue weighted by molar-refractivity contribution is -0.118. The first kappa shape index (κ1) is 20.6. The van der Waals surface area contributed by atoms with Gasteiger partial charge in [-0.05, 0) is 41.3 Å². The largest absolute Gasteiger partial charge is 0.497 e. The number of rotatable bonds is 6. The predicted molar refractivity (Wildman–Crippen MR) is 122 cm³/mol. The van der Waals surface area contributed by atoms with E-state index < -0.39 is 5.69 Å². The molecule has 0 fully saturated rings. The molecule has 2 aromatic carbocycles. The molecule has 158 valence electrons. The van der Waals surface area contributed by atoms with E-state index in [1.165, 1.54) is 25.4 Å². The van der Waals surface area contributed by atoms with Crippen molar-refractivity contribution in [3.05, 3.63) is 92.4 Å². The summed E-state index contributed by atoms with van der Waals surface area (Å²) in [5, 5.41) is 1.75. The molecule has 31 heavy (non-hydrogen) atoms. The van der Waals surface area contributed by atoms with Crippen molar-refractivity contribution in [3.8, 4) is 5.75 Å². The van der Waals surface area contributed by atoms with Gasteiger partial charge in [0, 0.05) is 12.7 Å². The maximum Gasteiger partial charge on any atom is 0.332 e. The third-order valence-electron chi connectivity index (χ3n) is 5.12. The van der Waals surface area contributed by atoms with E-state index in [0.29, 0.717) is 16.0 Å². The standard InChI is InChI=1S/C23H21N3O4S/c1-24(17-8-4-3-5-9-17)20(27)15-25-19-11-12-31-21(19)22(28)26(23(25)29)14-16-7-6-10-18(13-16)30-2/h3-13H,14-15H2,1-2H3. The van der Waals surface area contributed by atoms with Crippen LogP contribution in [0.3, 0.4) is 0 Å². The van der Waals surface area contributed by atoms with Crippen molar-refractivity contribution in [2.24, 2.45) is 0 Å². The number of anilines is 1. The number of carbonyl (C=O) groups excluding carboxylic acids is 1. The third-order valence-corrected chi connectivity index (χ3v) is 6.01. The highest BCUT2D eigenvalue weighted by Gasteiger charge is 2.19. The number of ether oxygens (including phenoxy) is 1. The average molecular weight is 436 g/mol. The second-order valence-electron chi connectivity index (χ2n) is 7.03. The van der Waals surface area contributed by atoms with Gasteiger partial charge >= 0.3 is 5.69 Å². The summed E-state index contributed by atoms with van der Waals surface area (Å²) >= 11 is 1.26. The fourth-order valence-electron chi connectivity index (χ4n) is 3.42. The first-order chi connectivity index (χ1) is 15.0. The molecule has 0 N–H and O–H groups in total. The summed E-state index contributed by atoms with van der Waals surface area (Å²) in [6.07, 6.45) is 0. The monoisotopic (exact) mass is 435 g/mol. The Kier molecular flexibility index (Phi) is 5.73. The van der Waals surface area contributed by atoms with Crippen LogP contribution in [0, 0.1) is 0 Å². The van der Waals surface area contributed by atoms with Crippen LogP contribution in [0.2, 0.25) is 0 Å². The van der Waals surface area contributed by atoms with Crippen molar-refractivity contribution < 1.29 is 9.53 Å². The third kappa shape index (κ3) is 4.02. The van der Waals surface area contributed by atoms with E-state index in [4.69, 9.17) is 4.74 Å². The maximum absolute atomic E-state index is 13.3. The molecule has 0 bridgehead atoms. The summed E-state index contributed by atoms with van der Waals surface area (Å²) in [6.45, 7) is -0.0821. The van der Waals surface area contributed by atoms with Crippen LogP contribution in [-0.4, -0.2) is 29.2 Å². The molecule has 0 spiro atoms. The number of hydrogen-bond acceptors (Lipinski definition) is 5. The van der Waals surface area contributed by atoms with Gasteiger partial charge in [0.2, 0.25) is 5.91 Å². The van der Waals surface area contributed by atoms with E-state index in [1.54, 1.807) is 43.8 Å². The second kappa shape index (κ2) is 8.61. The number of nitrogens with zero attached hydrogens (tertiary/aromatic N) is 3. The first-order valence-electron chi connectivity index (χ1n) is 9.65. The Labute approximate surface area is 182 Å². The zero-order valence-electron chi connectivity index (χ0n) is 17.1. The molecule has 0 aliphatic rings. The molecule has 0 saturated heterocycles. The van der Waals surface area contributed by atoms with Crippen LogP contribution in [0.15, 0.2) is 75.6 Å². The Morgan fingerprint density at radius 3 is 2.55 bits per heavy atom. The topological polar surface area (TPSA) is 73.5 Å². The van der Waals surface area contributed by atoms with Gasteiger partial charge in [-0.2, -0.15) is 0 Å². The molecular formula is C23H21N3O4S. The van der Waals surface area contributed by atoms with Crippen molar-refractivity contribution in [3.63, 3.8) is 0 Å². The van der Waals surface area contributed by atoms with Crippen LogP contribution in [0.4, 0.5) is 5.69 Å². The number of amides is 1. The molecule has 0 aliphatic heterocycles. The second-order valence-corrected chi connectivity index (χ2v) is 7.95. The summed E-state index contributed by atoms with van der Waals surface area (Å²) in [7, 11) is 3.23. The number of aromatic nitrogens is 2. The molecule has 4 aromatic rings. The molecule has 8 heteroatoms. The zero-order chi connectivity index (χ0) is 22.0. The predicted octanol–water partition coefficient (Wildman–Crippen LogP) is 2.94. The van der Waals surface area contributed by atoms with Gasteiger partial charge in [0.05, 0.1) is 19.2 Å². The average Bonchev–Trinajstić information content (AvgIpc) is 3.29. The van der Waals surface area contributed by atoms with Gasteiger partial charge in [-0.3, -0.25) is 18.7 Å². The number of carbonyl (C=O) groups is 1. The highest BCUT2D eigenvalue weighted by atomic mass is 32.1. The Hall–Kier alpha value is -3.65. The minimum absolute atomic E-state index is 0.0887. The number of likely N-dealkylation sites (N-methyl/N-ethyl adjacent to an activating group) is 1. The molecule has 2 aromatic heterocycles. The number of benzene rings is 2. The van der Waals surface area contributed by atoms with Crippen LogP contribution in [-0.2, 0) is 17.9 Å². The van der Waals surface area contributed by atoms with Crippen LogP contribution in [0.25, 0.3) is 10.2 Å². The van der Waals surface area contributed by atoms with Crippen molar-refractivity contribution >= 4 is 33.1 Å². The van der Waals surface area contributed by atoms with E-state index in [0.717, 1.165) is 11.3 Å². The molecule has 7 nitrogen and oxygen atoms in total. The van der Waals surface area contributed by atoms with E-state index in [9.17, 15) is 14.4 Å². The number of methoxy groups -OCH3 is 1. The van der Waals surface area contributed by atoms with Crippen LogP contribution >= 0.6 is 11.3 Å². The summed E-state index contributed by atoms with van der Waals surface area (Å²) < 4.78 is 8.22. The van der Waals surface area contributed by atoms with Gasteiger partial charge in [-0.15, -0.1) is 11.3 Å². The summed E-state index contributed by atoms with van der Waals surface area (Å²) in [4.78, 5) is 40.7. The van der Waals surface area contributed by atoms with E-state index >= 15 is 0 Å². The van der Waals surface area contributed by atoms with E-state index in [-0.39, 0.29) is 24.6 Å². The lowest BCUT2D eigenvalue weighted by atomic mass is 10.2. The number of para-hydroxylation sites is 1. The Bertz CT molecular complexity index is 1350. The Morgan fingerprint density at radius 1 is 1.03 bits per heavy atom. The summed E-state index contributed by atoms with van der Waals surface area (Å²) in [5.41, 5.74) is 1.07. The van der Waals surface area contributed by atoms with Gasteiger partial charge in [0.15, 0.2) is 0 Å². The van der Waals surface area contributed by atoms with Crippen LogP contribution < -0.4 is 20.9 Å². The lowest BCUT2D eigenvalue weighted by Gasteiger charge is -2.19. The molecule has 0 unspecified atom stereocenters. The van der Waals surface area contributed by atoms with Gasteiger partial charge < -0.3 is 9.64 Å². The zero-order valence-corrected chi connectivity index (χ0v) is 18.0. The number of hydrogen-bond donors (Lipinski definition) is 0. The van der Waals surface area contributed by atoms with Crippen LogP contribution in [0.5, 0.6) is 5.75 Å². The fourth-order valence-corrected chi connectivity index (χ4v) is 4.26. The SMILES string of the molecule is COc1cccc(Cn2c(=O)c3sccc3n(CC(=O)N(C)c3ccccc3)c2=O)c1. The highest BCUT2D eigenvalue weighted by molar-refractivity contribution is 7.17. The number of fused-ring (bicyclic) bond motifs is 1. The molecule has 0 radical (unpaired) electrons. The molecular weight excluding hydrogens is 414 g/mol.